The minimum atomic E-state index is -4.36. The third-order valence-corrected chi connectivity index (χ3v) is 4.36. The molecular weight excluding hydrogens is 447 g/mol. The smallest absolute Gasteiger partial charge is 0.416 e. The zero-order valence-corrected chi connectivity index (χ0v) is 17.6. The molecule has 0 saturated carbocycles. The number of halogens is 6. The molecule has 0 aliphatic carbocycles. The summed E-state index contributed by atoms with van der Waals surface area (Å²) in [5.74, 6) is 1.36. The molecule has 0 saturated heterocycles. The Kier molecular flexibility index (Phi) is 9.11. The van der Waals surface area contributed by atoms with Gasteiger partial charge in [0.1, 0.15) is 23.9 Å². The average Bonchev–Trinajstić information content (AvgIpc) is 2.65. The molecule has 0 radical (unpaired) electrons. The molecule has 0 aliphatic rings. The predicted molar refractivity (Wildman–Crippen MR) is 108 cm³/mol. The Labute approximate surface area is 182 Å². The second kappa shape index (κ2) is 11.3. The van der Waals surface area contributed by atoms with E-state index in [0.29, 0.717) is 48.3 Å². The van der Waals surface area contributed by atoms with Gasteiger partial charge in [-0.3, -0.25) is 0 Å². The Morgan fingerprint density at radius 3 is 2.17 bits per heavy atom. The lowest BCUT2D eigenvalue weighted by atomic mass is 10.2. The van der Waals surface area contributed by atoms with Crippen molar-refractivity contribution in [2.75, 3.05) is 19.8 Å². The Balaban J connectivity index is 1.73. The molecule has 0 fully saturated rings. The average molecular weight is 467 g/mol. The minimum Gasteiger partial charge on any atom is -0.494 e. The Morgan fingerprint density at radius 2 is 1.60 bits per heavy atom. The molecule has 0 N–H and O–H groups in total. The van der Waals surface area contributed by atoms with Crippen LogP contribution in [0.25, 0.3) is 0 Å². The van der Waals surface area contributed by atoms with E-state index in [2.05, 4.69) is 0 Å². The molecular formula is C21H20Cl2F4O3. The Hall–Kier alpha value is -2.12. The molecule has 2 aromatic carbocycles. The molecule has 0 heterocycles. The van der Waals surface area contributed by atoms with Gasteiger partial charge in [0.2, 0.25) is 0 Å². The third kappa shape index (κ3) is 7.95. The quantitative estimate of drug-likeness (QED) is 0.271. The van der Waals surface area contributed by atoms with Gasteiger partial charge in [0.05, 0.1) is 23.8 Å². The maximum absolute atomic E-state index is 12.5. The lowest BCUT2D eigenvalue weighted by Crippen LogP contribution is -2.05. The van der Waals surface area contributed by atoms with Crippen LogP contribution in [0, 0.1) is 6.92 Å². The first kappa shape index (κ1) is 24.2. The van der Waals surface area contributed by atoms with Crippen molar-refractivity contribution in [1.29, 1.82) is 0 Å². The van der Waals surface area contributed by atoms with Crippen LogP contribution in [-0.2, 0) is 6.18 Å². The summed E-state index contributed by atoms with van der Waals surface area (Å²) in [7, 11) is 0. The van der Waals surface area contributed by atoms with E-state index in [4.69, 9.17) is 37.4 Å². The number of aryl methyl sites for hydroxylation is 1. The number of benzene rings is 2. The summed E-state index contributed by atoms with van der Waals surface area (Å²) in [5.41, 5.74) is 0.0448. The van der Waals surface area contributed by atoms with Gasteiger partial charge in [0.25, 0.3) is 0 Å². The third-order valence-electron chi connectivity index (χ3n) is 3.93. The first-order valence-corrected chi connectivity index (χ1v) is 9.79. The minimum absolute atomic E-state index is 0.0236. The fourth-order valence-corrected chi connectivity index (χ4v) is 2.85. The van der Waals surface area contributed by atoms with Gasteiger partial charge >= 0.3 is 6.18 Å². The van der Waals surface area contributed by atoms with E-state index in [9.17, 15) is 17.6 Å². The molecule has 0 atom stereocenters. The molecule has 2 aromatic rings. The normalized spacial score (nSPS) is 12.0. The highest BCUT2D eigenvalue weighted by Crippen LogP contribution is 2.33. The van der Waals surface area contributed by atoms with E-state index in [-0.39, 0.29) is 6.61 Å². The molecule has 0 aliphatic heterocycles. The summed E-state index contributed by atoms with van der Waals surface area (Å²) < 4.78 is 66.5. The van der Waals surface area contributed by atoms with Gasteiger partial charge in [0, 0.05) is 12.1 Å². The maximum Gasteiger partial charge on any atom is 0.416 e. The molecule has 0 bridgehead atoms. The molecule has 0 unspecified atom stereocenters. The topological polar surface area (TPSA) is 27.7 Å². The lowest BCUT2D eigenvalue weighted by Gasteiger charge is -2.13. The summed E-state index contributed by atoms with van der Waals surface area (Å²) in [6.07, 6.45) is -1.97. The maximum atomic E-state index is 12.5. The molecule has 0 aromatic heterocycles. The van der Waals surface area contributed by atoms with Crippen molar-refractivity contribution in [1.82, 2.24) is 0 Å². The molecule has 30 heavy (non-hydrogen) atoms. The zero-order chi connectivity index (χ0) is 22.1. The first-order valence-electron chi connectivity index (χ1n) is 9.04. The summed E-state index contributed by atoms with van der Waals surface area (Å²) in [6.45, 7) is 2.51. The van der Waals surface area contributed by atoms with Crippen molar-refractivity contribution in [3.63, 3.8) is 0 Å². The van der Waals surface area contributed by atoms with Crippen LogP contribution >= 0.6 is 23.2 Å². The largest absolute Gasteiger partial charge is 0.494 e. The second-order valence-electron chi connectivity index (χ2n) is 6.28. The van der Waals surface area contributed by atoms with Crippen LogP contribution in [0.5, 0.6) is 17.2 Å². The predicted octanol–water partition coefficient (Wildman–Crippen LogP) is 7.33. The van der Waals surface area contributed by atoms with E-state index in [1.807, 2.05) is 0 Å². The monoisotopic (exact) mass is 466 g/mol. The van der Waals surface area contributed by atoms with Crippen molar-refractivity contribution in [2.24, 2.45) is 0 Å². The zero-order valence-electron chi connectivity index (χ0n) is 16.1. The van der Waals surface area contributed by atoms with Gasteiger partial charge in [-0.15, -0.1) is 0 Å². The van der Waals surface area contributed by atoms with Crippen LogP contribution in [0.4, 0.5) is 17.6 Å². The standard InChI is InChI=1S/C21H20Cl2F4O3/c1-14-12-17(29-11-8-19(23)24)13-18(22)20(14)30-10-3-2-9-28-16-6-4-15(5-7-16)21(25,26)27/h4-8,12-13H,2-3,9-11H2,1H3/b19-8+. The number of hydrogen-bond acceptors (Lipinski definition) is 3. The van der Waals surface area contributed by atoms with Gasteiger partial charge in [0.15, 0.2) is 5.29 Å². The van der Waals surface area contributed by atoms with Gasteiger partial charge in [-0.25, -0.2) is 0 Å². The number of unbranched alkanes of at least 4 members (excludes halogenated alkanes) is 1. The van der Waals surface area contributed by atoms with Crippen LogP contribution < -0.4 is 14.2 Å². The van der Waals surface area contributed by atoms with Crippen molar-refractivity contribution in [2.45, 2.75) is 25.9 Å². The Bertz CT molecular complexity index is 825. The number of rotatable bonds is 10. The van der Waals surface area contributed by atoms with Crippen LogP contribution in [0.3, 0.4) is 0 Å². The van der Waals surface area contributed by atoms with E-state index < -0.39 is 17.0 Å². The molecule has 0 amide bonds. The fourth-order valence-electron chi connectivity index (χ4n) is 2.47. The van der Waals surface area contributed by atoms with Gasteiger partial charge in [-0.1, -0.05) is 23.2 Å². The van der Waals surface area contributed by atoms with E-state index >= 15 is 0 Å². The Morgan fingerprint density at radius 1 is 0.967 bits per heavy atom. The highest BCUT2D eigenvalue weighted by molar-refractivity contribution is 6.32. The molecule has 164 valence electrons. The van der Waals surface area contributed by atoms with Crippen LogP contribution in [0.15, 0.2) is 47.8 Å². The van der Waals surface area contributed by atoms with Crippen molar-refractivity contribution < 1.29 is 31.8 Å². The van der Waals surface area contributed by atoms with E-state index in [1.165, 1.54) is 12.1 Å². The van der Waals surface area contributed by atoms with Crippen molar-refractivity contribution >= 4 is 23.2 Å². The van der Waals surface area contributed by atoms with E-state index in [0.717, 1.165) is 23.8 Å². The summed E-state index contributed by atoms with van der Waals surface area (Å²) in [6, 6.07) is 7.84. The fraction of sp³-hybridized carbons (Fsp3) is 0.333. The second-order valence-corrected chi connectivity index (χ2v) is 7.05. The summed E-state index contributed by atoms with van der Waals surface area (Å²) >= 11 is 11.3. The summed E-state index contributed by atoms with van der Waals surface area (Å²) in [5, 5.41) is -0.485. The molecule has 9 heteroatoms. The molecule has 0 spiro atoms. The number of alkyl halides is 3. The van der Waals surface area contributed by atoms with Gasteiger partial charge in [-0.2, -0.15) is 17.6 Å². The van der Waals surface area contributed by atoms with Gasteiger partial charge in [-0.05, 0) is 55.7 Å². The van der Waals surface area contributed by atoms with Crippen molar-refractivity contribution in [3.8, 4) is 17.2 Å². The lowest BCUT2D eigenvalue weighted by molar-refractivity contribution is -0.137. The van der Waals surface area contributed by atoms with Crippen LogP contribution in [0.2, 0.25) is 5.02 Å². The number of ether oxygens (including phenoxy) is 3. The summed E-state index contributed by atoms with van der Waals surface area (Å²) in [4.78, 5) is 0. The van der Waals surface area contributed by atoms with Crippen LogP contribution in [0.1, 0.15) is 24.0 Å². The van der Waals surface area contributed by atoms with Crippen LogP contribution in [-0.4, -0.2) is 19.8 Å². The highest BCUT2D eigenvalue weighted by Gasteiger charge is 2.29. The first-order chi connectivity index (χ1) is 14.2. The number of hydrogen-bond donors (Lipinski definition) is 0. The SMILES string of the molecule is Cc1cc(OC/C=C(/F)Cl)cc(Cl)c1OCCCCOc1ccc(C(F)(F)F)cc1. The van der Waals surface area contributed by atoms with Crippen molar-refractivity contribution in [3.05, 3.63) is 63.9 Å². The van der Waals surface area contributed by atoms with Gasteiger partial charge < -0.3 is 14.2 Å². The van der Waals surface area contributed by atoms with E-state index in [1.54, 1.807) is 19.1 Å². The molecule has 3 nitrogen and oxygen atoms in total. The highest BCUT2D eigenvalue weighted by atomic mass is 35.5. The molecule has 2 rings (SSSR count).